The first-order chi connectivity index (χ1) is 9.02. The Labute approximate surface area is 119 Å². The Kier molecular flexibility index (Phi) is 4.32. The van der Waals surface area contributed by atoms with Crippen molar-refractivity contribution >= 4 is 23.2 Å². The van der Waals surface area contributed by atoms with Crippen LogP contribution in [0.3, 0.4) is 0 Å². The zero-order valence-electron chi connectivity index (χ0n) is 11.6. The lowest BCUT2D eigenvalue weighted by molar-refractivity contribution is -0.129. The van der Waals surface area contributed by atoms with E-state index < -0.39 is 0 Å². The van der Waals surface area contributed by atoms with E-state index in [-0.39, 0.29) is 11.9 Å². The number of benzene rings is 1. The molecular weight excluding hydrogens is 262 g/mol. The maximum atomic E-state index is 11.7. The molecule has 1 amide bonds. The molecule has 1 unspecified atom stereocenters. The fraction of sp³-hybridized carbons (Fsp3) is 0.500. The Morgan fingerprint density at radius 3 is 2.68 bits per heavy atom. The summed E-state index contributed by atoms with van der Waals surface area (Å²) in [5.41, 5.74) is 2.09. The molecule has 0 radical (unpaired) electrons. The van der Waals surface area contributed by atoms with Gasteiger partial charge in [-0.2, -0.15) is 0 Å². The van der Waals surface area contributed by atoms with E-state index in [1.54, 1.807) is 4.90 Å². The molecule has 4 nitrogen and oxygen atoms in total. The number of halogens is 1. The number of amides is 1. The van der Waals surface area contributed by atoms with Crippen molar-refractivity contribution < 1.29 is 4.79 Å². The van der Waals surface area contributed by atoms with Crippen LogP contribution >= 0.6 is 11.6 Å². The number of nitrogens with zero attached hydrogens (tertiary/aromatic N) is 2. The molecule has 1 aromatic rings. The minimum atomic E-state index is 0.134. The van der Waals surface area contributed by atoms with Gasteiger partial charge < -0.3 is 15.1 Å². The van der Waals surface area contributed by atoms with Crippen LogP contribution in [-0.4, -0.2) is 44.5 Å². The Morgan fingerprint density at radius 1 is 1.37 bits per heavy atom. The third-order valence-electron chi connectivity index (χ3n) is 3.70. The predicted molar refractivity (Wildman–Crippen MR) is 78.8 cm³/mol. The second kappa shape index (κ2) is 5.80. The monoisotopic (exact) mass is 281 g/mol. The summed E-state index contributed by atoms with van der Waals surface area (Å²) in [4.78, 5) is 15.5. The summed E-state index contributed by atoms with van der Waals surface area (Å²) < 4.78 is 0. The first kappa shape index (κ1) is 14.2. The number of nitrogens with one attached hydrogen (secondary N) is 1. The summed E-state index contributed by atoms with van der Waals surface area (Å²) in [5.74, 6) is 0.134. The van der Waals surface area contributed by atoms with Crippen LogP contribution in [0.4, 0.5) is 5.69 Å². The van der Waals surface area contributed by atoms with Crippen LogP contribution in [0.15, 0.2) is 18.2 Å². The summed E-state index contributed by atoms with van der Waals surface area (Å²) in [6.07, 6.45) is 0. The van der Waals surface area contributed by atoms with Crippen molar-refractivity contribution in [2.24, 2.45) is 0 Å². The number of piperazine rings is 1. The lowest BCUT2D eigenvalue weighted by Crippen LogP contribution is -2.48. The maximum Gasteiger partial charge on any atom is 0.241 e. The fourth-order valence-corrected chi connectivity index (χ4v) is 2.49. The van der Waals surface area contributed by atoms with Gasteiger partial charge in [-0.15, -0.1) is 0 Å². The molecule has 1 aliphatic rings. The molecule has 19 heavy (non-hydrogen) atoms. The van der Waals surface area contributed by atoms with Crippen molar-refractivity contribution in [2.45, 2.75) is 13.0 Å². The van der Waals surface area contributed by atoms with Crippen LogP contribution in [0.25, 0.3) is 0 Å². The van der Waals surface area contributed by atoms with Crippen molar-refractivity contribution in [1.29, 1.82) is 0 Å². The Hall–Kier alpha value is -1.26. The number of carbonyl (C=O) groups is 1. The van der Waals surface area contributed by atoms with Crippen LogP contribution in [0.1, 0.15) is 18.5 Å². The average Bonchev–Trinajstić information content (AvgIpc) is 2.41. The molecule has 1 fully saturated rings. The van der Waals surface area contributed by atoms with Crippen molar-refractivity contribution in [3.05, 3.63) is 28.8 Å². The highest BCUT2D eigenvalue weighted by atomic mass is 35.5. The molecule has 1 N–H and O–H groups in total. The maximum absolute atomic E-state index is 11.7. The molecule has 0 saturated carbocycles. The smallest absolute Gasteiger partial charge is 0.241 e. The normalized spacial score (nSPS) is 17.8. The molecule has 1 aliphatic heterocycles. The molecule has 1 aromatic carbocycles. The molecule has 1 saturated heterocycles. The topological polar surface area (TPSA) is 35.6 Å². The van der Waals surface area contributed by atoms with E-state index >= 15 is 0 Å². The number of hydrogen-bond acceptors (Lipinski definition) is 3. The van der Waals surface area contributed by atoms with Gasteiger partial charge in [0.15, 0.2) is 0 Å². The average molecular weight is 282 g/mol. The third kappa shape index (κ3) is 3.01. The van der Waals surface area contributed by atoms with Gasteiger partial charge in [-0.1, -0.05) is 17.7 Å². The van der Waals surface area contributed by atoms with Crippen molar-refractivity contribution in [2.75, 3.05) is 38.6 Å². The van der Waals surface area contributed by atoms with Gasteiger partial charge in [-0.3, -0.25) is 4.79 Å². The van der Waals surface area contributed by atoms with Crippen LogP contribution in [0, 0.1) is 0 Å². The highest BCUT2D eigenvalue weighted by Crippen LogP contribution is 2.29. The SMILES string of the molecule is CNC(C)c1ccc(N2CCN(C)C(=O)C2)c(Cl)c1. The Morgan fingerprint density at radius 2 is 2.11 bits per heavy atom. The van der Waals surface area contributed by atoms with E-state index in [2.05, 4.69) is 18.3 Å². The highest BCUT2D eigenvalue weighted by Gasteiger charge is 2.22. The third-order valence-corrected chi connectivity index (χ3v) is 4.01. The molecule has 0 spiro atoms. The summed E-state index contributed by atoms with van der Waals surface area (Å²) in [6.45, 7) is 4.05. The minimum absolute atomic E-state index is 0.134. The van der Waals surface area contributed by atoms with Gasteiger partial charge in [-0.05, 0) is 31.7 Å². The number of rotatable bonds is 3. The van der Waals surface area contributed by atoms with Gasteiger partial charge in [0.1, 0.15) is 0 Å². The summed E-state index contributed by atoms with van der Waals surface area (Å²) >= 11 is 6.35. The summed E-state index contributed by atoms with van der Waals surface area (Å²) in [6, 6.07) is 6.30. The van der Waals surface area contributed by atoms with E-state index in [9.17, 15) is 4.79 Å². The summed E-state index contributed by atoms with van der Waals surface area (Å²) in [7, 11) is 3.75. The zero-order chi connectivity index (χ0) is 14.0. The van der Waals surface area contributed by atoms with Crippen molar-refractivity contribution in [3.8, 4) is 0 Å². The van der Waals surface area contributed by atoms with Gasteiger partial charge in [0, 0.05) is 26.2 Å². The van der Waals surface area contributed by atoms with Crippen molar-refractivity contribution in [1.82, 2.24) is 10.2 Å². The molecule has 0 bridgehead atoms. The zero-order valence-corrected chi connectivity index (χ0v) is 12.4. The number of likely N-dealkylation sites (N-methyl/N-ethyl adjacent to an activating group) is 1. The predicted octanol–water partition coefficient (Wildman–Crippen LogP) is 1.90. The van der Waals surface area contributed by atoms with Crippen molar-refractivity contribution in [3.63, 3.8) is 0 Å². The number of carbonyl (C=O) groups excluding carboxylic acids is 1. The molecule has 104 valence electrons. The standard InChI is InChI=1S/C14H20ClN3O/c1-10(16-2)11-4-5-13(12(15)8-11)18-7-6-17(3)14(19)9-18/h4-5,8,10,16H,6-7,9H2,1-3H3. The number of hydrogen-bond donors (Lipinski definition) is 1. The summed E-state index contributed by atoms with van der Waals surface area (Å²) in [5, 5.41) is 3.89. The molecule has 0 aromatic heterocycles. The van der Waals surface area contributed by atoms with Gasteiger partial charge in [0.25, 0.3) is 0 Å². The largest absolute Gasteiger partial charge is 0.359 e. The Balaban J connectivity index is 2.19. The first-order valence-corrected chi connectivity index (χ1v) is 6.86. The van der Waals surface area contributed by atoms with E-state index in [1.165, 1.54) is 0 Å². The molecule has 2 rings (SSSR count). The second-order valence-electron chi connectivity index (χ2n) is 4.96. The first-order valence-electron chi connectivity index (χ1n) is 6.48. The van der Waals surface area contributed by atoms with E-state index in [4.69, 9.17) is 11.6 Å². The molecule has 1 heterocycles. The molecular formula is C14H20ClN3O. The van der Waals surface area contributed by atoms with E-state index in [1.807, 2.05) is 31.1 Å². The quantitative estimate of drug-likeness (QED) is 0.919. The second-order valence-corrected chi connectivity index (χ2v) is 5.37. The van der Waals surface area contributed by atoms with Crippen LogP contribution < -0.4 is 10.2 Å². The number of anilines is 1. The van der Waals surface area contributed by atoms with Gasteiger partial charge in [0.2, 0.25) is 5.91 Å². The van der Waals surface area contributed by atoms with Crippen LogP contribution in [0.5, 0.6) is 0 Å². The highest BCUT2D eigenvalue weighted by molar-refractivity contribution is 6.33. The van der Waals surface area contributed by atoms with E-state index in [0.717, 1.165) is 24.3 Å². The molecule has 0 aliphatic carbocycles. The molecule has 5 heteroatoms. The van der Waals surface area contributed by atoms with Crippen LogP contribution in [0.2, 0.25) is 5.02 Å². The Bertz CT molecular complexity index is 478. The fourth-order valence-electron chi connectivity index (χ4n) is 2.18. The van der Waals surface area contributed by atoms with Gasteiger partial charge in [0.05, 0.1) is 17.3 Å². The minimum Gasteiger partial charge on any atom is -0.359 e. The van der Waals surface area contributed by atoms with Gasteiger partial charge in [-0.25, -0.2) is 0 Å². The van der Waals surface area contributed by atoms with Crippen LogP contribution in [-0.2, 0) is 4.79 Å². The lowest BCUT2D eigenvalue weighted by Gasteiger charge is -2.34. The van der Waals surface area contributed by atoms with Gasteiger partial charge >= 0.3 is 0 Å². The van der Waals surface area contributed by atoms with E-state index in [0.29, 0.717) is 11.6 Å². The lowest BCUT2D eigenvalue weighted by atomic mass is 10.1. The molecule has 1 atom stereocenters.